The number of esters is 1. The normalized spacial score (nSPS) is 10.3. The SMILES string of the molecule is COc1cc(NC(=O)c2ccco2)c(C(=O)OCC(=O)Nc2c(Cl)cccc2Cl)cc1OC. The molecule has 0 saturated heterocycles. The van der Waals surface area contributed by atoms with Crippen molar-refractivity contribution in [2.24, 2.45) is 0 Å². The van der Waals surface area contributed by atoms with Gasteiger partial charge in [0.25, 0.3) is 11.8 Å². The Kier molecular flexibility index (Phi) is 7.81. The summed E-state index contributed by atoms with van der Waals surface area (Å²) in [7, 11) is 2.78. The Hall–Kier alpha value is -3.69. The second kappa shape index (κ2) is 10.8. The molecule has 2 amide bonds. The molecule has 2 N–H and O–H groups in total. The molecular formula is C22H18Cl2N2O7. The number of nitrogens with one attached hydrogen (secondary N) is 2. The maximum Gasteiger partial charge on any atom is 0.340 e. The third-order valence-electron chi connectivity index (χ3n) is 4.30. The number of amides is 2. The first-order valence-corrected chi connectivity index (χ1v) is 10.1. The Balaban J connectivity index is 1.79. The van der Waals surface area contributed by atoms with Crippen LogP contribution >= 0.6 is 23.2 Å². The smallest absolute Gasteiger partial charge is 0.340 e. The topological polar surface area (TPSA) is 116 Å². The van der Waals surface area contributed by atoms with Gasteiger partial charge in [-0.25, -0.2) is 4.79 Å². The third-order valence-corrected chi connectivity index (χ3v) is 4.93. The Morgan fingerprint density at radius 1 is 0.939 bits per heavy atom. The lowest BCUT2D eigenvalue weighted by atomic mass is 10.1. The van der Waals surface area contributed by atoms with Crippen LogP contribution in [-0.4, -0.2) is 38.6 Å². The summed E-state index contributed by atoms with van der Waals surface area (Å²) >= 11 is 12.1. The van der Waals surface area contributed by atoms with Gasteiger partial charge in [-0.2, -0.15) is 0 Å². The van der Waals surface area contributed by atoms with E-state index in [1.54, 1.807) is 24.3 Å². The molecule has 2 aromatic carbocycles. The van der Waals surface area contributed by atoms with E-state index in [-0.39, 0.29) is 44.2 Å². The number of benzene rings is 2. The quantitative estimate of drug-likeness (QED) is 0.439. The van der Waals surface area contributed by atoms with E-state index in [1.165, 1.54) is 38.7 Å². The minimum absolute atomic E-state index is 0.0279. The Morgan fingerprint density at radius 2 is 1.61 bits per heavy atom. The number of hydrogen-bond acceptors (Lipinski definition) is 7. The zero-order chi connectivity index (χ0) is 24.0. The second-order valence-corrected chi connectivity index (χ2v) is 7.22. The minimum Gasteiger partial charge on any atom is -0.493 e. The fraction of sp³-hybridized carbons (Fsp3) is 0.136. The molecule has 0 bridgehead atoms. The number of para-hydroxylation sites is 1. The van der Waals surface area contributed by atoms with Gasteiger partial charge in [0.05, 0.1) is 47.5 Å². The molecule has 1 aromatic heterocycles. The standard InChI is InChI=1S/C22H18Cl2N2O7/c1-30-17-9-12(15(10-18(17)31-2)25-21(28)16-7-4-8-32-16)22(29)33-11-19(27)26-20-13(23)5-3-6-14(20)24/h3-10H,11H2,1-2H3,(H,25,28)(H,26,27). The maximum atomic E-state index is 12.8. The Labute approximate surface area is 198 Å². The van der Waals surface area contributed by atoms with Crippen LogP contribution in [0.1, 0.15) is 20.9 Å². The first-order valence-electron chi connectivity index (χ1n) is 9.36. The lowest BCUT2D eigenvalue weighted by molar-refractivity contribution is -0.119. The average Bonchev–Trinajstić information content (AvgIpc) is 3.35. The molecule has 0 fully saturated rings. The molecule has 0 spiro atoms. The summed E-state index contributed by atoms with van der Waals surface area (Å²) in [5.41, 5.74) is 0.184. The fourth-order valence-electron chi connectivity index (χ4n) is 2.74. The van der Waals surface area contributed by atoms with Gasteiger partial charge >= 0.3 is 5.97 Å². The predicted molar refractivity (Wildman–Crippen MR) is 122 cm³/mol. The molecule has 0 unspecified atom stereocenters. The first kappa shape index (κ1) is 24.0. The summed E-state index contributed by atoms with van der Waals surface area (Å²) in [6.07, 6.45) is 1.34. The molecule has 3 aromatic rings. The highest BCUT2D eigenvalue weighted by atomic mass is 35.5. The Morgan fingerprint density at radius 3 is 2.21 bits per heavy atom. The lowest BCUT2D eigenvalue weighted by Gasteiger charge is -2.15. The third kappa shape index (κ3) is 5.76. The first-order chi connectivity index (χ1) is 15.8. The van der Waals surface area contributed by atoms with Crippen LogP contribution in [0.5, 0.6) is 11.5 Å². The molecule has 0 radical (unpaired) electrons. The van der Waals surface area contributed by atoms with Gasteiger partial charge in [0.15, 0.2) is 23.9 Å². The average molecular weight is 493 g/mol. The van der Waals surface area contributed by atoms with Crippen molar-refractivity contribution in [3.8, 4) is 11.5 Å². The summed E-state index contributed by atoms with van der Waals surface area (Å²) in [5, 5.41) is 5.50. The largest absolute Gasteiger partial charge is 0.493 e. The number of hydrogen-bond donors (Lipinski definition) is 2. The van der Waals surface area contributed by atoms with Gasteiger partial charge in [0.1, 0.15) is 0 Å². The van der Waals surface area contributed by atoms with Crippen LogP contribution in [-0.2, 0) is 9.53 Å². The predicted octanol–water partition coefficient (Wildman–Crippen LogP) is 4.65. The van der Waals surface area contributed by atoms with Gasteiger partial charge < -0.3 is 29.3 Å². The molecular weight excluding hydrogens is 475 g/mol. The zero-order valence-corrected chi connectivity index (χ0v) is 19.0. The molecule has 0 atom stereocenters. The van der Waals surface area contributed by atoms with E-state index in [4.69, 9.17) is 41.8 Å². The number of halogens is 2. The highest BCUT2D eigenvalue weighted by Crippen LogP contribution is 2.34. The molecule has 0 saturated carbocycles. The van der Waals surface area contributed by atoms with Gasteiger partial charge in [-0.1, -0.05) is 29.3 Å². The molecule has 0 aliphatic heterocycles. The number of anilines is 2. The van der Waals surface area contributed by atoms with Gasteiger partial charge in [-0.05, 0) is 24.3 Å². The summed E-state index contributed by atoms with van der Waals surface area (Å²) in [5.74, 6) is -1.67. The van der Waals surface area contributed by atoms with Crippen molar-refractivity contribution in [2.75, 3.05) is 31.5 Å². The van der Waals surface area contributed by atoms with Gasteiger partial charge in [-0.15, -0.1) is 0 Å². The molecule has 9 nitrogen and oxygen atoms in total. The van der Waals surface area contributed by atoms with E-state index >= 15 is 0 Å². The minimum atomic E-state index is -0.897. The van der Waals surface area contributed by atoms with Crippen LogP contribution in [0.3, 0.4) is 0 Å². The van der Waals surface area contributed by atoms with Gasteiger partial charge in [-0.3, -0.25) is 9.59 Å². The molecule has 1 heterocycles. The number of carbonyl (C=O) groups is 3. The number of ether oxygens (including phenoxy) is 3. The second-order valence-electron chi connectivity index (χ2n) is 6.41. The van der Waals surface area contributed by atoms with Crippen molar-refractivity contribution in [1.82, 2.24) is 0 Å². The molecule has 11 heteroatoms. The molecule has 33 heavy (non-hydrogen) atoms. The van der Waals surface area contributed by atoms with Crippen molar-refractivity contribution < 1.29 is 33.0 Å². The van der Waals surface area contributed by atoms with Crippen molar-refractivity contribution in [3.63, 3.8) is 0 Å². The van der Waals surface area contributed by atoms with E-state index in [2.05, 4.69) is 10.6 Å². The van der Waals surface area contributed by atoms with Crippen molar-refractivity contribution >= 4 is 52.4 Å². The number of methoxy groups -OCH3 is 2. The van der Waals surface area contributed by atoms with Crippen molar-refractivity contribution in [1.29, 1.82) is 0 Å². The van der Waals surface area contributed by atoms with Crippen LogP contribution in [0.25, 0.3) is 0 Å². The van der Waals surface area contributed by atoms with E-state index in [0.717, 1.165) is 0 Å². The number of carbonyl (C=O) groups excluding carboxylic acids is 3. The van der Waals surface area contributed by atoms with Crippen molar-refractivity contribution in [2.45, 2.75) is 0 Å². The lowest BCUT2D eigenvalue weighted by Crippen LogP contribution is -2.22. The van der Waals surface area contributed by atoms with Gasteiger partial charge in [0, 0.05) is 12.1 Å². The Bertz CT molecular complexity index is 1160. The monoisotopic (exact) mass is 492 g/mol. The molecule has 0 aliphatic carbocycles. The van der Waals surface area contributed by atoms with Crippen LogP contribution in [0, 0.1) is 0 Å². The van der Waals surface area contributed by atoms with Crippen LogP contribution in [0.4, 0.5) is 11.4 Å². The molecule has 3 rings (SSSR count). The van der Waals surface area contributed by atoms with Crippen molar-refractivity contribution in [3.05, 3.63) is 70.1 Å². The maximum absolute atomic E-state index is 12.8. The summed E-state index contributed by atoms with van der Waals surface area (Å²) in [4.78, 5) is 37.4. The zero-order valence-electron chi connectivity index (χ0n) is 17.4. The summed E-state index contributed by atoms with van der Waals surface area (Å²) in [6, 6.07) is 10.4. The summed E-state index contributed by atoms with van der Waals surface area (Å²) < 4.78 is 20.6. The van der Waals surface area contributed by atoms with E-state index in [0.29, 0.717) is 0 Å². The highest BCUT2D eigenvalue weighted by molar-refractivity contribution is 6.39. The van der Waals surface area contributed by atoms with E-state index in [9.17, 15) is 14.4 Å². The highest BCUT2D eigenvalue weighted by Gasteiger charge is 2.22. The van der Waals surface area contributed by atoms with Crippen LogP contribution in [0.15, 0.2) is 53.1 Å². The van der Waals surface area contributed by atoms with Gasteiger partial charge in [0.2, 0.25) is 0 Å². The fourth-order valence-corrected chi connectivity index (χ4v) is 3.24. The van der Waals surface area contributed by atoms with Crippen LogP contribution < -0.4 is 20.1 Å². The molecule has 0 aliphatic rings. The van der Waals surface area contributed by atoms with E-state index in [1.807, 2.05) is 0 Å². The number of rotatable bonds is 8. The molecule has 172 valence electrons. The number of furan rings is 1. The van der Waals surface area contributed by atoms with Crippen LogP contribution in [0.2, 0.25) is 10.0 Å². The van der Waals surface area contributed by atoms with E-state index < -0.39 is 24.4 Å². The summed E-state index contributed by atoms with van der Waals surface area (Å²) in [6.45, 7) is -0.639.